The molecule has 0 spiro atoms. The predicted octanol–water partition coefficient (Wildman–Crippen LogP) is -0.407. The second kappa shape index (κ2) is 8.13. The van der Waals surface area contributed by atoms with E-state index in [2.05, 4.69) is 15.2 Å². The van der Waals surface area contributed by atoms with Crippen molar-refractivity contribution in [2.45, 2.75) is 19.8 Å². The first-order chi connectivity index (χ1) is 7.97. The number of nitrogens with one attached hydrogen (secondary N) is 2. The van der Waals surface area contributed by atoms with Gasteiger partial charge in [0.2, 0.25) is 5.96 Å². The van der Waals surface area contributed by atoms with E-state index in [1.165, 1.54) is 12.8 Å². The lowest BCUT2D eigenvalue weighted by atomic mass is 10.4. The molecule has 1 rings (SSSR count). The number of aliphatic imine (C=N–C) groups is 1. The van der Waals surface area contributed by atoms with E-state index in [0.29, 0.717) is 6.54 Å². The molecule has 0 saturated carbocycles. The number of likely N-dealkylation sites (tertiary alicyclic amines) is 1. The van der Waals surface area contributed by atoms with Gasteiger partial charge in [-0.2, -0.15) is 0 Å². The van der Waals surface area contributed by atoms with E-state index in [4.69, 9.17) is 26.5 Å². The summed E-state index contributed by atoms with van der Waals surface area (Å²) in [6, 6.07) is 0. The number of rotatable bonds is 1. The molecular weight excluding hydrogens is 228 g/mol. The normalized spacial score (nSPS) is 14.9. The van der Waals surface area contributed by atoms with Gasteiger partial charge in [-0.25, -0.2) is 0 Å². The van der Waals surface area contributed by atoms with Gasteiger partial charge in [-0.15, -0.1) is 10.1 Å². The largest absolute Gasteiger partial charge is 0.370 e. The molecule has 9 heteroatoms. The van der Waals surface area contributed by atoms with Gasteiger partial charge < -0.3 is 15.8 Å². The minimum absolute atomic E-state index is 0.0425. The maximum Gasteiger partial charge on any atom is 0.291 e. The van der Waals surface area contributed by atoms with Crippen molar-refractivity contribution in [3.63, 3.8) is 0 Å². The van der Waals surface area contributed by atoms with Crippen LogP contribution in [0.3, 0.4) is 0 Å². The highest BCUT2D eigenvalue weighted by atomic mass is 16.9. The van der Waals surface area contributed by atoms with E-state index >= 15 is 0 Å². The third-order valence-electron chi connectivity index (χ3n) is 1.96. The van der Waals surface area contributed by atoms with Crippen molar-refractivity contribution in [3.05, 3.63) is 10.1 Å². The number of guanidine groups is 2. The molecule has 0 aromatic heterocycles. The van der Waals surface area contributed by atoms with E-state index in [9.17, 15) is 0 Å². The fourth-order valence-corrected chi connectivity index (χ4v) is 1.42. The Morgan fingerprint density at radius 3 is 2.47 bits per heavy atom. The molecule has 5 N–H and O–H groups in total. The van der Waals surface area contributed by atoms with E-state index < -0.39 is 5.09 Å². The Kier molecular flexibility index (Phi) is 7.15. The van der Waals surface area contributed by atoms with Crippen LogP contribution in [-0.2, 0) is 0 Å². The molecule has 17 heavy (non-hydrogen) atoms. The van der Waals surface area contributed by atoms with Crippen LogP contribution in [0, 0.1) is 15.5 Å². The highest BCUT2D eigenvalue weighted by molar-refractivity contribution is 5.96. The summed E-state index contributed by atoms with van der Waals surface area (Å²) in [6.07, 6.45) is 2.39. The predicted molar refractivity (Wildman–Crippen MR) is 62.6 cm³/mol. The smallest absolute Gasteiger partial charge is 0.291 e. The fraction of sp³-hybridized carbons (Fsp3) is 0.750. The summed E-state index contributed by atoms with van der Waals surface area (Å²) in [5, 5.41) is 23.5. The Bertz CT molecular complexity index is 283. The lowest BCUT2D eigenvalue weighted by molar-refractivity contribution is -0.742. The van der Waals surface area contributed by atoms with Crippen LogP contribution in [0.1, 0.15) is 19.8 Å². The van der Waals surface area contributed by atoms with Crippen molar-refractivity contribution in [2.24, 2.45) is 10.7 Å². The summed E-state index contributed by atoms with van der Waals surface area (Å²) >= 11 is 0. The van der Waals surface area contributed by atoms with E-state index in [1.807, 2.05) is 6.92 Å². The second-order valence-corrected chi connectivity index (χ2v) is 3.27. The van der Waals surface area contributed by atoms with Crippen LogP contribution in [0.25, 0.3) is 0 Å². The van der Waals surface area contributed by atoms with Crippen LogP contribution in [0.2, 0.25) is 0 Å². The lowest BCUT2D eigenvalue weighted by Crippen LogP contribution is -2.45. The highest BCUT2D eigenvalue weighted by Crippen LogP contribution is 2.06. The zero-order valence-electron chi connectivity index (χ0n) is 9.72. The SMILES string of the molecule is CCN=C(NC(=N)N)N1CCCC1.O=[N+]([O-])O. The summed E-state index contributed by atoms with van der Waals surface area (Å²) in [6.45, 7) is 4.71. The quantitative estimate of drug-likeness (QED) is 0.214. The van der Waals surface area contributed by atoms with Gasteiger partial charge in [0.25, 0.3) is 5.09 Å². The molecule has 1 saturated heterocycles. The molecule has 98 valence electrons. The van der Waals surface area contributed by atoms with Gasteiger partial charge in [-0.3, -0.25) is 15.7 Å². The number of nitrogens with two attached hydrogens (primary N) is 1. The van der Waals surface area contributed by atoms with Crippen LogP contribution < -0.4 is 11.1 Å². The molecule has 1 fully saturated rings. The van der Waals surface area contributed by atoms with Crippen molar-refractivity contribution in [1.82, 2.24) is 10.2 Å². The number of nitrogens with zero attached hydrogens (tertiary/aromatic N) is 3. The van der Waals surface area contributed by atoms with Crippen molar-refractivity contribution in [1.29, 1.82) is 5.41 Å². The molecule has 0 radical (unpaired) electrons. The fourth-order valence-electron chi connectivity index (χ4n) is 1.42. The number of hydrogen-bond donors (Lipinski definition) is 4. The average Bonchev–Trinajstić information content (AvgIpc) is 2.67. The maximum atomic E-state index is 8.36. The van der Waals surface area contributed by atoms with Gasteiger partial charge in [-0.05, 0) is 19.8 Å². The zero-order valence-corrected chi connectivity index (χ0v) is 9.72. The van der Waals surface area contributed by atoms with Crippen LogP contribution in [0.4, 0.5) is 0 Å². The molecule has 1 aliphatic rings. The Morgan fingerprint density at radius 2 is 2.12 bits per heavy atom. The number of hydrogen-bond acceptors (Lipinski definition) is 4. The topological polar surface area (TPSA) is 141 Å². The summed E-state index contributed by atoms with van der Waals surface area (Å²) in [5.74, 6) is 0.701. The van der Waals surface area contributed by atoms with Crippen molar-refractivity contribution >= 4 is 11.9 Å². The van der Waals surface area contributed by atoms with Gasteiger partial charge in [0.15, 0.2) is 5.96 Å². The van der Waals surface area contributed by atoms with E-state index in [-0.39, 0.29) is 5.96 Å². The van der Waals surface area contributed by atoms with Crippen LogP contribution in [-0.4, -0.2) is 46.7 Å². The molecule has 9 nitrogen and oxygen atoms in total. The van der Waals surface area contributed by atoms with Crippen molar-refractivity contribution in [2.75, 3.05) is 19.6 Å². The third kappa shape index (κ3) is 7.82. The third-order valence-corrected chi connectivity index (χ3v) is 1.96. The molecular formula is C8H18N6O3. The summed E-state index contributed by atoms with van der Waals surface area (Å²) < 4.78 is 0. The van der Waals surface area contributed by atoms with Crippen LogP contribution in [0.15, 0.2) is 4.99 Å². The van der Waals surface area contributed by atoms with Crippen molar-refractivity contribution in [3.8, 4) is 0 Å². The molecule has 0 aliphatic carbocycles. The zero-order chi connectivity index (χ0) is 13.3. The molecule has 1 heterocycles. The van der Waals surface area contributed by atoms with Gasteiger partial charge in [0.1, 0.15) is 0 Å². The average molecular weight is 246 g/mol. The molecule has 0 aromatic carbocycles. The molecule has 0 bridgehead atoms. The molecule has 0 atom stereocenters. The van der Waals surface area contributed by atoms with Gasteiger partial charge in [0.05, 0.1) is 0 Å². The van der Waals surface area contributed by atoms with Crippen molar-refractivity contribution < 1.29 is 10.3 Å². The monoisotopic (exact) mass is 246 g/mol. The minimum atomic E-state index is -1.50. The second-order valence-electron chi connectivity index (χ2n) is 3.27. The molecule has 1 aliphatic heterocycles. The Hall–Kier alpha value is -2.06. The van der Waals surface area contributed by atoms with E-state index in [0.717, 1.165) is 19.0 Å². The van der Waals surface area contributed by atoms with Crippen LogP contribution in [0.5, 0.6) is 0 Å². The van der Waals surface area contributed by atoms with Crippen LogP contribution >= 0.6 is 0 Å². The molecule has 0 amide bonds. The Balaban J connectivity index is 0.000000557. The summed E-state index contributed by atoms with van der Waals surface area (Å²) in [5.41, 5.74) is 5.26. The molecule has 0 unspecified atom stereocenters. The highest BCUT2D eigenvalue weighted by Gasteiger charge is 2.15. The van der Waals surface area contributed by atoms with Gasteiger partial charge in [0, 0.05) is 19.6 Å². The van der Waals surface area contributed by atoms with Gasteiger partial charge >= 0.3 is 0 Å². The lowest BCUT2D eigenvalue weighted by Gasteiger charge is -2.20. The summed E-state index contributed by atoms with van der Waals surface area (Å²) in [7, 11) is 0. The Labute approximate surface area is 98.9 Å². The maximum absolute atomic E-state index is 8.36. The first-order valence-electron chi connectivity index (χ1n) is 5.21. The summed E-state index contributed by atoms with van der Waals surface area (Å²) in [4.78, 5) is 14.7. The standard InChI is InChI=1S/C8H17N5.HNO3/c1-2-11-8(12-7(9)10)13-5-3-4-6-13;2-1(3)4/h2-6H2,1H3,(H4,9,10,11,12);(H,2,3,4). The Morgan fingerprint density at radius 1 is 1.65 bits per heavy atom. The van der Waals surface area contributed by atoms with E-state index in [1.54, 1.807) is 0 Å². The minimum Gasteiger partial charge on any atom is -0.370 e. The van der Waals surface area contributed by atoms with Gasteiger partial charge in [-0.1, -0.05) is 0 Å². The molecule has 0 aromatic rings. The first-order valence-corrected chi connectivity index (χ1v) is 5.21. The first kappa shape index (κ1) is 14.9.